The second kappa shape index (κ2) is 15.0. The van der Waals surface area contributed by atoms with Gasteiger partial charge in [0.2, 0.25) is 5.91 Å². The Kier molecular flexibility index (Phi) is 12.7. The first-order chi connectivity index (χ1) is 14.9. The van der Waals surface area contributed by atoms with E-state index in [4.69, 9.17) is 9.47 Å². The smallest absolute Gasteiger partial charge is 0.408 e. The number of carbonyl (C=O) groups excluding carboxylic acids is 3. The molecular weight excluding hydrogens is 396 g/mol. The van der Waals surface area contributed by atoms with E-state index in [9.17, 15) is 14.4 Å². The fourth-order valence-electron chi connectivity index (χ4n) is 3.07. The van der Waals surface area contributed by atoms with Crippen LogP contribution in [0.25, 0.3) is 0 Å². The van der Waals surface area contributed by atoms with Crippen molar-refractivity contribution in [3.8, 4) is 0 Å². The quantitative estimate of drug-likeness (QED) is 0.262. The molecule has 0 spiro atoms. The molecule has 0 aliphatic heterocycles. The standard InChI is InChI=1S/C24H36N2O5/c1-5-6-7-8-9-13-16-20(23(28)30-4)25-22(27)21(18(2)3)26-24(29)31-17-19-14-11-10-12-15-19/h5,10-12,14-15,18,20-21H,1,6-9,13,16-17H2,2-4H3,(H,25,27)(H,26,29)/t20-,21-/m1/s1. The summed E-state index contributed by atoms with van der Waals surface area (Å²) in [5, 5.41) is 5.33. The first kappa shape index (κ1) is 26.2. The maximum absolute atomic E-state index is 12.8. The van der Waals surface area contributed by atoms with Gasteiger partial charge in [-0.3, -0.25) is 4.79 Å². The Labute approximate surface area is 185 Å². The normalized spacial score (nSPS) is 12.5. The number of benzene rings is 1. The van der Waals surface area contributed by atoms with Crippen molar-refractivity contribution in [2.75, 3.05) is 7.11 Å². The number of carbonyl (C=O) groups is 3. The number of hydrogen-bond acceptors (Lipinski definition) is 5. The van der Waals surface area contributed by atoms with Gasteiger partial charge >= 0.3 is 12.1 Å². The van der Waals surface area contributed by atoms with Crippen molar-refractivity contribution in [1.29, 1.82) is 0 Å². The van der Waals surface area contributed by atoms with Crippen LogP contribution in [0.2, 0.25) is 0 Å². The molecule has 0 bridgehead atoms. The van der Waals surface area contributed by atoms with Gasteiger partial charge in [0.05, 0.1) is 7.11 Å². The fourth-order valence-corrected chi connectivity index (χ4v) is 3.07. The van der Waals surface area contributed by atoms with Gasteiger partial charge in [-0.25, -0.2) is 9.59 Å². The van der Waals surface area contributed by atoms with Crippen LogP contribution in [0.5, 0.6) is 0 Å². The number of ether oxygens (including phenoxy) is 2. The van der Waals surface area contributed by atoms with Crippen molar-refractivity contribution in [1.82, 2.24) is 10.6 Å². The minimum atomic E-state index is -0.831. The minimum Gasteiger partial charge on any atom is -0.467 e. The van der Waals surface area contributed by atoms with Gasteiger partial charge in [-0.2, -0.15) is 0 Å². The van der Waals surface area contributed by atoms with Crippen LogP contribution in [0.1, 0.15) is 57.9 Å². The molecule has 0 saturated carbocycles. The van der Waals surface area contributed by atoms with Gasteiger partial charge < -0.3 is 20.1 Å². The highest BCUT2D eigenvalue weighted by atomic mass is 16.5. The molecule has 2 amide bonds. The third-order valence-electron chi connectivity index (χ3n) is 4.89. The van der Waals surface area contributed by atoms with E-state index in [2.05, 4.69) is 17.2 Å². The molecule has 0 aliphatic rings. The van der Waals surface area contributed by atoms with E-state index in [1.165, 1.54) is 7.11 Å². The number of nitrogens with one attached hydrogen (secondary N) is 2. The van der Waals surface area contributed by atoms with Crippen LogP contribution < -0.4 is 10.6 Å². The molecule has 1 aromatic rings. The van der Waals surface area contributed by atoms with Crippen LogP contribution in [0, 0.1) is 5.92 Å². The molecule has 0 fully saturated rings. The third-order valence-corrected chi connectivity index (χ3v) is 4.89. The van der Waals surface area contributed by atoms with Crippen LogP contribution in [0.15, 0.2) is 43.0 Å². The SMILES string of the molecule is C=CCCCCCC[C@@H](NC(=O)[C@H](NC(=O)OCc1ccccc1)C(C)C)C(=O)OC. The highest BCUT2D eigenvalue weighted by molar-refractivity contribution is 5.89. The fraction of sp³-hybridized carbons (Fsp3) is 0.542. The average Bonchev–Trinajstić information content (AvgIpc) is 2.77. The summed E-state index contributed by atoms with van der Waals surface area (Å²) < 4.78 is 10.1. The van der Waals surface area contributed by atoms with Gasteiger partial charge in [0.15, 0.2) is 0 Å². The van der Waals surface area contributed by atoms with E-state index in [0.717, 1.165) is 37.7 Å². The van der Waals surface area contributed by atoms with Crippen LogP contribution in [0.4, 0.5) is 4.79 Å². The Bertz CT molecular complexity index is 690. The number of esters is 1. The molecule has 0 unspecified atom stereocenters. The zero-order valence-electron chi connectivity index (χ0n) is 18.9. The van der Waals surface area contributed by atoms with Gasteiger partial charge in [-0.1, -0.05) is 69.5 Å². The second-order valence-corrected chi connectivity index (χ2v) is 7.79. The lowest BCUT2D eigenvalue weighted by atomic mass is 10.0. The third kappa shape index (κ3) is 10.7. The van der Waals surface area contributed by atoms with E-state index in [-0.39, 0.29) is 12.5 Å². The Balaban J connectivity index is 2.59. The van der Waals surface area contributed by atoms with E-state index in [0.29, 0.717) is 6.42 Å². The van der Waals surface area contributed by atoms with Crippen molar-refractivity contribution >= 4 is 18.0 Å². The molecule has 0 radical (unpaired) electrons. The molecule has 0 saturated heterocycles. The number of amides is 2. The molecular formula is C24H36N2O5. The molecule has 1 aromatic carbocycles. The Hall–Kier alpha value is -2.83. The van der Waals surface area contributed by atoms with Gasteiger partial charge in [-0.05, 0) is 30.7 Å². The monoisotopic (exact) mass is 432 g/mol. The van der Waals surface area contributed by atoms with Crippen LogP contribution in [0.3, 0.4) is 0 Å². The number of unbranched alkanes of at least 4 members (excludes halogenated alkanes) is 4. The van der Waals surface area contributed by atoms with Crippen molar-refractivity contribution in [3.05, 3.63) is 48.6 Å². The molecule has 31 heavy (non-hydrogen) atoms. The van der Waals surface area contributed by atoms with Crippen LogP contribution in [-0.4, -0.2) is 37.2 Å². The van der Waals surface area contributed by atoms with Crippen molar-refractivity contribution in [2.24, 2.45) is 5.92 Å². The average molecular weight is 433 g/mol. The van der Waals surface area contributed by atoms with Crippen LogP contribution >= 0.6 is 0 Å². The first-order valence-corrected chi connectivity index (χ1v) is 10.8. The van der Waals surface area contributed by atoms with Gasteiger partial charge in [0.1, 0.15) is 18.7 Å². The molecule has 7 nitrogen and oxygen atoms in total. The van der Waals surface area contributed by atoms with Gasteiger partial charge in [-0.15, -0.1) is 6.58 Å². The molecule has 0 aromatic heterocycles. The molecule has 1 rings (SSSR count). The number of alkyl carbamates (subject to hydrolysis) is 1. The zero-order chi connectivity index (χ0) is 23.1. The zero-order valence-corrected chi connectivity index (χ0v) is 18.9. The summed E-state index contributed by atoms with van der Waals surface area (Å²) in [6, 6.07) is 7.70. The van der Waals surface area contributed by atoms with E-state index >= 15 is 0 Å². The summed E-state index contributed by atoms with van der Waals surface area (Å²) in [6.07, 6.45) is 6.50. The van der Waals surface area contributed by atoms with E-state index in [1.807, 2.05) is 50.3 Å². The second-order valence-electron chi connectivity index (χ2n) is 7.79. The summed E-state index contributed by atoms with van der Waals surface area (Å²) >= 11 is 0. The lowest BCUT2D eigenvalue weighted by Crippen LogP contribution is -2.53. The molecule has 7 heteroatoms. The van der Waals surface area contributed by atoms with Gasteiger partial charge in [0, 0.05) is 0 Å². The number of allylic oxidation sites excluding steroid dienone is 1. The summed E-state index contributed by atoms with van der Waals surface area (Å²) in [6.45, 7) is 7.44. The topological polar surface area (TPSA) is 93.7 Å². The maximum Gasteiger partial charge on any atom is 0.408 e. The summed E-state index contributed by atoms with van der Waals surface area (Å²) in [4.78, 5) is 37.1. The molecule has 0 heterocycles. The van der Waals surface area contributed by atoms with E-state index < -0.39 is 30.1 Å². The van der Waals surface area contributed by atoms with Crippen molar-refractivity contribution < 1.29 is 23.9 Å². The highest BCUT2D eigenvalue weighted by Crippen LogP contribution is 2.10. The van der Waals surface area contributed by atoms with Crippen molar-refractivity contribution in [2.45, 2.75) is 71.1 Å². The largest absolute Gasteiger partial charge is 0.467 e. The van der Waals surface area contributed by atoms with Crippen molar-refractivity contribution in [3.63, 3.8) is 0 Å². The highest BCUT2D eigenvalue weighted by Gasteiger charge is 2.29. The maximum atomic E-state index is 12.8. The number of hydrogen-bond donors (Lipinski definition) is 2. The lowest BCUT2D eigenvalue weighted by molar-refractivity contribution is -0.145. The number of methoxy groups -OCH3 is 1. The number of rotatable bonds is 14. The summed E-state index contributed by atoms with van der Waals surface area (Å²) in [5.74, 6) is -1.12. The molecule has 2 atom stereocenters. The predicted molar refractivity (Wildman–Crippen MR) is 120 cm³/mol. The minimum absolute atomic E-state index is 0.107. The van der Waals surface area contributed by atoms with E-state index in [1.54, 1.807) is 0 Å². The summed E-state index contributed by atoms with van der Waals surface area (Å²) in [5.41, 5.74) is 0.849. The Morgan fingerprint density at radius 1 is 1.03 bits per heavy atom. The van der Waals surface area contributed by atoms with Gasteiger partial charge in [0.25, 0.3) is 0 Å². The molecule has 172 valence electrons. The molecule has 2 N–H and O–H groups in total. The van der Waals surface area contributed by atoms with Crippen LogP contribution in [-0.2, 0) is 25.7 Å². The predicted octanol–water partition coefficient (Wildman–Crippen LogP) is 4.12. The summed E-state index contributed by atoms with van der Waals surface area (Å²) in [7, 11) is 1.30. The first-order valence-electron chi connectivity index (χ1n) is 10.8. The lowest BCUT2D eigenvalue weighted by Gasteiger charge is -2.24. The Morgan fingerprint density at radius 3 is 2.32 bits per heavy atom. The Morgan fingerprint density at radius 2 is 1.71 bits per heavy atom. The molecule has 0 aliphatic carbocycles.